The molecule has 0 spiro atoms. The van der Waals surface area contributed by atoms with Gasteiger partial charge in [0.2, 0.25) is 0 Å². The number of hydrogen-bond donors (Lipinski definition) is 0. The van der Waals surface area contributed by atoms with Crippen molar-refractivity contribution in [1.82, 2.24) is 0 Å². The second-order valence-electron chi connectivity index (χ2n) is 12.3. The molecule has 196 valence electrons. The highest BCUT2D eigenvalue weighted by Gasteiger charge is 2.36. The van der Waals surface area contributed by atoms with Crippen molar-refractivity contribution < 1.29 is 19.1 Å². The molecule has 0 atom stereocenters. The first-order valence-corrected chi connectivity index (χ1v) is 13.3. The van der Waals surface area contributed by atoms with E-state index in [0.29, 0.717) is 6.61 Å². The SMILES string of the molecule is CC(=O)C(C)(C)COc1ccc(C2(c3ccc(OCC(=O)C(C)(C)C)c(C)c3)CCCCC2)cc1C. The molecule has 4 heteroatoms. The summed E-state index contributed by atoms with van der Waals surface area (Å²) in [5, 5.41) is 0. The van der Waals surface area contributed by atoms with Crippen LogP contribution in [-0.4, -0.2) is 24.8 Å². The summed E-state index contributed by atoms with van der Waals surface area (Å²) in [6.07, 6.45) is 5.86. The molecule has 2 aromatic carbocycles. The van der Waals surface area contributed by atoms with Crippen molar-refractivity contribution in [3.63, 3.8) is 0 Å². The Balaban J connectivity index is 1.88. The molecule has 0 saturated heterocycles. The van der Waals surface area contributed by atoms with Gasteiger partial charge in [-0.2, -0.15) is 0 Å². The number of carbonyl (C=O) groups excluding carboxylic acids is 2. The molecule has 0 aliphatic heterocycles. The molecule has 3 rings (SSSR count). The molecule has 1 aliphatic carbocycles. The Labute approximate surface area is 217 Å². The van der Waals surface area contributed by atoms with Gasteiger partial charge in [0.05, 0.1) is 5.41 Å². The second-order valence-corrected chi connectivity index (χ2v) is 12.3. The molecule has 1 saturated carbocycles. The third-order valence-corrected chi connectivity index (χ3v) is 7.90. The molecule has 2 aromatic rings. The summed E-state index contributed by atoms with van der Waals surface area (Å²) in [5.74, 6) is 1.83. The van der Waals surface area contributed by atoms with Crippen molar-refractivity contribution in [3.8, 4) is 11.5 Å². The maximum atomic E-state index is 12.3. The summed E-state index contributed by atoms with van der Waals surface area (Å²) < 4.78 is 12.0. The first kappa shape index (κ1) is 28.0. The Morgan fingerprint density at radius 2 is 1.31 bits per heavy atom. The minimum Gasteiger partial charge on any atom is -0.492 e. The lowest BCUT2D eigenvalue weighted by Crippen LogP contribution is -2.31. The molecule has 0 N–H and O–H groups in total. The van der Waals surface area contributed by atoms with E-state index in [1.807, 2.05) is 40.7 Å². The molecular formula is C32H44O4. The minimum absolute atomic E-state index is 0.0509. The highest BCUT2D eigenvalue weighted by molar-refractivity contribution is 5.85. The van der Waals surface area contributed by atoms with Crippen LogP contribution < -0.4 is 9.47 Å². The van der Waals surface area contributed by atoms with Crippen LogP contribution in [0.3, 0.4) is 0 Å². The fourth-order valence-electron chi connectivity index (χ4n) is 4.84. The fraction of sp³-hybridized carbons (Fsp3) is 0.562. The van der Waals surface area contributed by atoms with Gasteiger partial charge < -0.3 is 9.47 Å². The summed E-state index contributed by atoms with van der Waals surface area (Å²) in [6, 6.07) is 13.0. The summed E-state index contributed by atoms with van der Waals surface area (Å²) in [5.41, 5.74) is 3.81. The van der Waals surface area contributed by atoms with Gasteiger partial charge in [-0.05, 0) is 81.8 Å². The van der Waals surface area contributed by atoms with E-state index in [4.69, 9.17) is 9.47 Å². The lowest BCUT2D eigenvalue weighted by atomic mass is 9.65. The van der Waals surface area contributed by atoms with Gasteiger partial charge in [0, 0.05) is 10.8 Å². The topological polar surface area (TPSA) is 52.6 Å². The van der Waals surface area contributed by atoms with E-state index in [9.17, 15) is 9.59 Å². The molecule has 4 nitrogen and oxygen atoms in total. The number of aryl methyl sites for hydroxylation is 2. The molecule has 0 bridgehead atoms. The highest BCUT2D eigenvalue weighted by Crippen LogP contribution is 2.46. The molecule has 0 heterocycles. The molecule has 0 radical (unpaired) electrons. The Bertz CT molecular complexity index is 1100. The minimum atomic E-state index is -0.505. The first-order chi connectivity index (χ1) is 16.8. The molecule has 0 aromatic heterocycles. The van der Waals surface area contributed by atoms with Crippen LogP contribution in [0, 0.1) is 24.7 Å². The maximum absolute atomic E-state index is 12.3. The lowest BCUT2D eigenvalue weighted by molar-refractivity contribution is -0.128. The molecule has 1 aliphatic rings. The Morgan fingerprint density at radius 3 is 1.75 bits per heavy atom. The monoisotopic (exact) mass is 492 g/mol. The fourth-order valence-corrected chi connectivity index (χ4v) is 4.84. The van der Waals surface area contributed by atoms with Crippen molar-refractivity contribution in [2.45, 2.75) is 92.9 Å². The van der Waals surface area contributed by atoms with Gasteiger partial charge in [-0.15, -0.1) is 0 Å². The van der Waals surface area contributed by atoms with Crippen molar-refractivity contribution in [2.75, 3.05) is 13.2 Å². The van der Waals surface area contributed by atoms with Crippen LogP contribution in [0.15, 0.2) is 36.4 Å². The van der Waals surface area contributed by atoms with Gasteiger partial charge in [0.1, 0.15) is 30.5 Å². The van der Waals surface area contributed by atoms with Gasteiger partial charge in [-0.3, -0.25) is 9.59 Å². The normalized spacial score (nSPS) is 15.9. The number of ketones is 2. The Hall–Kier alpha value is -2.62. The number of benzene rings is 2. The molecule has 1 fully saturated rings. The zero-order valence-electron chi connectivity index (χ0n) is 23.5. The average Bonchev–Trinajstić information content (AvgIpc) is 2.82. The molecule has 0 unspecified atom stereocenters. The zero-order chi connectivity index (χ0) is 26.7. The highest BCUT2D eigenvalue weighted by atomic mass is 16.5. The van der Waals surface area contributed by atoms with E-state index in [1.54, 1.807) is 6.92 Å². The summed E-state index contributed by atoms with van der Waals surface area (Å²) in [7, 11) is 0. The smallest absolute Gasteiger partial charge is 0.175 e. The predicted octanol–water partition coefficient (Wildman–Crippen LogP) is 7.54. The van der Waals surface area contributed by atoms with Gasteiger partial charge >= 0.3 is 0 Å². The van der Waals surface area contributed by atoms with Gasteiger partial charge in [-0.25, -0.2) is 0 Å². The third-order valence-electron chi connectivity index (χ3n) is 7.90. The van der Waals surface area contributed by atoms with Gasteiger partial charge in [0.25, 0.3) is 0 Å². The van der Waals surface area contributed by atoms with E-state index in [2.05, 4.69) is 44.2 Å². The van der Waals surface area contributed by atoms with Gasteiger partial charge in [0.15, 0.2) is 5.78 Å². The quantitative estimate of drug-likeness (QED) is 0.363. The van der Waals surface area contributed by atoms with Crippen molar-refractivity contribution in [3.05, 3.63) is 58.7 Å². The largest absolute Gasteiger partial charge is 0.492 e. The summed E-state index contributed by atoms with van der Waals surface area (Å²) in [6.45, 7) is 15.8. The number of rotatable bonds is 9. The number of carbonyl (C=O) groups is 2. The zero-order valence-corrected chi connectivity index (χ0v) is 23.5. The molecular weight excluding hydrogens is 448 g/mol. The standard InChI is InChI=1S/C32H44O4/c1-22-18-25(12-14-27(22)35-20-29(34)30(4,5)6)32(16-10-9-11-17-32)26-13-15-28(23(2)19-26)36-21-31(7,8)24(3)33/h12-15,18-19H,9-11,16-17,20-21H2,1-8H3. The molecule has 36 heavy (non-hydrogen) atoms. The van der Waals surface area contributed by atoms with Crippen molar-refractivity contribution >= 4 is 11.6 Å². The van der Waals surface area contributed by atoms with E-state index in [-0.39, 0.29) is 23.6 Å². The van der Waals surface area contributed by atoms with E-state index in [1.165, 1.54) is 30.4 Å². The lowest BCUT2D eigenvalue weighted by Gasteiger charge is -2.39. The Kier molecular flexibility index (Phi) is 8.37. The van der Waals surface area contributed by atoms with Crippen LogP contribution in [0.2, 0.25) is 0 Å². The summed E-state index contributed by atoms with van der Waals surface area (Å²) in [4.78, 5) is 24.2. The average molecular weight is 493 g/mol. The van der Waals surface area contributed by atoms with Crippen LogP contribution in [0.1, 0.15) is 95.9 Å². The summed E-state index contributed by atoms with van der Waals surface area (Å²) >= 11 is 0. The Morgan fingerprint density at radius 1 is 0.806 bits per heavy atom. The van der Waals surface area contributed by atoms with Crippen LogP contribution >= 0.6 is 0 Å². The second kappa shape index (κ2) is 10.8. The first-order valence-electron chi connectivity index (χ1n) is 13.3. The van der Waals surface area contributed by atoms with Gasteiger partial charge in [-0.1, -0.05) is 64.3 Å². The number of hydrogen-bond acceptors (Lipinski definition) is 4. The molecule has 0 amide bonds. The number of ether oxygens (including phenoxy) is 2. The van der Waals surface area contributed by atoms with E-state index < -0.39 is 10.8 Å². The predicted molar refractivity (Wildman–Crippen MR) is 146 cm³/mol. The number of Topliss-reactive ketones (excluding diaryl/α,β-unsaturated/α-hetero) is 2. The van der Waals surface area contributed by atoms with E-state index >= 15 is 0 Å². The van der Waals surface area contributed by atoms with Crippen LogP contribution in [-0.2, 0) is 15.0 Å². The van der Waals surface area contributed by atoms with Crippen LogP contribution in [0.25, 0.3) is 0 Å². The van der Waals surface area contributed by atoms with Crippen molar-refractivity contribution in [1.29, 1.82) is 0 Å². The van der Waals surface area contributed by atoms with Crippen molar-refractivity contribution in [2.24, 2.45) is 10.8 Å². The van der Waals surface area contributed by atoms with Crippen LogP contribution in [0.4, 0.5) is 0 Å². The third kappa shape index (κ3) is 6.19. The maximum Gasteiger partial charge on any atom is 0.175 e. The van der Waals surface area contributed by atoms with Crippen LogP contribution in [0.5, 0.6) is 11.5 Å². The van der Waals surface area contributed by atoms with E-state index in [0.717, 1.165) is 35.5 Å².